The molecule has 0 aromatic rings. The zero-order valence-electron chi connectivity index (χ0n) is 10.6. The smallest absolute Gasteiger partial charge is 0.460 e. The second-order valence-corrected chi connectivity index (χ2v) is 5.09. The van der Waals surface area contributed by atoms with Crippen molar-refractivity contribution in [2.24, 2.45) is 5.92 Å². The molecule has 0 bridgehead atoms. The van der Waals surface area contributed by atoms with Gasteiger partial charge < -0.3 is 17.7 Å². The Kier molecular flexibility index (Phi) is 6.49. The minimum absolute atomic E-state index is 0. The van der Waals surface area contributed by atoms with Gasteiger partial charge in [0, 0.05) is 0 Å². The summed E-state index contributed by atoms with van der Waals surface area (Å²) < 4.78 is 41.1. The zero-order valence-corrected chi connectivity index (χ0v) is 13.7. The maximum Gasteiger partial charge on any atom is 1.00 e. The van der Waals surface area contributed by atoms with Crippen LogP contribution in [0.2, 0.25) is 0 Å². The van der Waals surface area contributed by atoms with Crippen LogP contribution in [0.4, 0.5) is 12.9 Å². The predicted octanol–water partition coefficient (Wildman–Crippen LogP) is 0.0551. The maximum absolute atomic E-state index is 12.0. The van der Waals surface area contributed by atoms with Crippen molar-refractivity contribution in [3.8, 4) is 0 Å². The van der Waals surface area contributed by atoms with Crippen LogP contribution in [0.3, 0.4) is 0 Å². The molecule has 7 heteroatoms. The van der Waals surface area contributed by atoms with E-state index in [9.17, 15) is 17.7 Å². The third-order valence-electron chi connectivity index (χ3n) is 2.18. The first-order chi connectivity index (χ1) is 7.07. The Labute approximate surface area is 142 Å². The summed E-state index contributed by atoms with van der Waals surface area (Å²) >= 11 is 0. The minimum atomic E-state index is -4.88. The molecular weight excluding hydrogens is 259 g/mol. The normalized spacial score (nSPS) is 20.1. The Morgan fingerprint density at radius 1 is 1.35 bits per heavy atom. The van der Waals surface area contributed by atoms with Gasteiger partial charge in [0.15, 0.2) is 0 Å². The Balaban J connectivity index is 0.00000256. The summed E-state index contributed by atoms with van der Waals surface area (Å²) in [6, 6.07) is 0. The molecule has 0 radical (unpaired) electrons. The van der Waals surface area contributed by atoms with Gasteiger partial charge in [-0.3, -0.25) is 4.79 Å². The van der Waals surface area contributed by atoms with Crippen molar-refractivity contribution >= 4 is 12.9 Å². The molecule has 0 atom stereocenters. The monoisotopic (exact) mass is 274 g/mol. The Morgan fingerprint density at radius 3 is 2.18 bits per heavy atom. The molecule has 0 spiro atoms. The van der Waals surface area contributed by atoms with Crippen LogP contribution in [0.15, 0.2) is 11.5 Å². The Bertz CT molecular complexity index is 312. The molecule has 0 heterocycles. The van der Waals surface area contributed by atoms with Gasteiger partial charge in [-0.2, -0.15) is 0 Å². The molecule has 1 rings (SSSR count). The van der Waals surface area contributed by atoms with E-state index in [2.05, 4.69) is 0 Å². The average molecular weight is 274 g/mol. The molecule has 0 amide bonds. The number of halogens is 3. The molecule has 1 aliphatic carbocycles. The molecule has 1 fully saturated rings. The van der Waals surface area contributed by atoms with Crippen molar-refractivity contribution in [3.05, 3.63) is 11.5 Å². The first kappa shape index (κ1) is 17.7. The molecule has 1 aliphatic rings. The minimum Gasteiger partial charge on any atom is -0.460 e. The van der Waals surface area contributed by atoms with Crippen molar-refractivity contribution in [1.29, 1.82) is 0 Å². The number of carbonyl (C=O) groups is 1. The summed E-state index contributed by atoms with van der Waals surface area (Å²) in [4.78, 5) is 11.4. The second kappa shape index (κ2) is 6.23. The van der Waals surface area contributed by atoms with Crippen LogP contribution in [0.25, 0.3) is 0 Å². The number of allylic oxidation sites excluding steroid dienone is 1. The topological polar surface area (TPSA) is 26.3 Å². The van der Waals surface area contributed by atoms with Crippen LogP contribution >= 0.6 is 0 Å². The van der Waals surface area contributed by atoms with Crippen molar-refractivity contribution in [3.63, 3.8) is 0 Å². The first-order valence-corrected chi connectivity index (χ1v) is 5.20. The summed E-state index contributed by atoms with van der Waals surface area (Å²) in [7, 11) is 0. The third kappa shape index (κ3) is 7.00. The number of hydrogen-bond acceptors (Lipinski definition) is 2. The molecule has 0 aliphatic heterocycles. The molecular formula is C10H15BF3KO2. The molecule has 0 aromatic heterocycles. The van der Waals surface area contributed by atoms with Crippen molar-refractivity contribution in [2.75, 3.05) is 0 Å². The van der Waals surface area contributed by atoms with Gasteiger partial charge in [-0.05, 0) is 33.6 Å². The van der Waals surface area contributed by atoms with Crippen LogP contribution in [0.1, 0.15) is 33.6 Å². The first-order valence-electron chi connectivity index (χ1n) is 5.20. The molecule has 17 heavy (non-hydrogen) atoms. The molecule has 1 saturated carbocycles. The van der Waals surface area contributed by atoms with Crippen LogP contribution in [0, 0.1) is 5.92 Å². The fourth-order valence-corrected chi connectivity index (χ4v) is 1.53. The van der Waals surface area contributed by atoms with Gasteiger partial charge in [0.25, 0.3) is 0 Å². The summed E-state index contributed by atoms with van der Waals surface area (Å²) in [6.45, 7) is 0.323. The number of carbonyl (C=O) groups excluding carboxylic acids is 1. The number of rotatable bonds is 2. The van der Waals surface area contributed by atoms with E-state index in [1.165, 1.54) is 0 Å². The average Bonchev–Trinajstić information content (AvgIpc) is 1.89. The van der Waals surface area contributed by atoms with E-state index >= 15 is 0 Å². The third-order valence-corrected chi connectivity index (χ3v) is 2.18. The number of ether oxygens (including phenoxy) is 1. The summed E-state index contributed by atoms with van der Waals surface area (Å²) in [5, 5.41) is 0. The Morgan fingerprint density at radius 2 is 1.82 bits per heavy atom. The van der Waals surface area contributed by atoms with Gasteiger partial charge in [-0.25, -0.2) is 0 Å². The van der Waals surface area contributed by atoms with E-state index in [1.54, 1.807) is 20.8 Å². The van der Waals surface area contributed by atoms with Gasteiger partial charge >= 0.3 is 64.3 Å². The van der Waals surface area contributed by atoms with Crippen LogP contribution < -0.4 is 51.4 Å². The molecule has 0 N–H and O–H groups in total. The van der Waals surface area contributed by atoms with Crippen LogP contribution in [-0.2, 0) is 9.53 Å². The summed E-state index contributed by atoms with van der Waals surface area (Å²) in [6.07, 6.45) is 0.354. The number of hydrogen-bond donors (Lipinski definition) is 0. The molecule has 0 unspecified atom stereocenters. The van der Waals surface area contributed by atoms with Crippen molar-refractivity contribution < 1.29 is 73.9 Å². The van der Waals surface area contributed by atoms with E-state index in [4.69, 9.17) is 4.74 Å². The zero-order chi connectivity index (χ0) is 12.6. The summed E-state index contributed by atoms with van der Waals surface area (Å²) in [5.41, 5.74) is -0.284. The molecule has 0 saturated heterocycles. The van der Waals surface area contributed by atoms with E-state index in [0.717, 1.165) is 0 Å². The quantitative estimate of drug-likeness (QED) is 0.525. The SMILES string of the molecule is CC(C)(C)OC(=O)C1CC(=C[B-](F)(F)F)C1.[K+]. The Hall–Kier alpha value is 0.701. The fourth-order valence-electron chi connectivity index (χ4n) is 1.53. The van der Waals surface area contributed by atoms with E-state index in [-0.39, 0.29) is 64.2 Å². The van der Waals surface area contributed by atoms with Crippen LogP contribution in [0.5, 0.6) is 0 Å². The van der Waals surface area contributed by atoms with Gasteiger partial charge in [0.2, 0.25) is 0 Å². The maximum atomic E-state index is 12.0. The van der Waals surface area contributed by atoms with Gasteiger partial charge in [-0.15, -0.1) is 11.5 Å². The second-order valence-electron chi connectivity index (χ2n) is 5.09. The summed E-state index contributed by atoms with van der Waals surface area (Å²) in [5.74, 6) is -0.469. The fraction of sp³-hybridized carbons (Fsp3) is 0.700. The van der Waals surface area contributed by atoms with E-state index in [1.807, 2.05) is 0 Å². The molecule has 0 aromatic carbocycles. The standard InChI is InChI=1S/C10H15BF3O2.K/c1-10(2,3)16-9(15)8-4-7(5-8)6-11(12,13)14;/h6,8H,4-5H2,1-3H3;/q-1;+1. The van der Waals surface area contributed by atoms with E-state index in [0.29, 0.717) is 11.5 Å². The largest absolute Gasteiger partial charge is 1.00 e. The van der Waals surface area contributed by atoms with E-state index < -0.39 is 24.5 Å². The molecule has 92 valence electrons. The number of esters is 1. The molecule has 2 nitrogen and oxygen atoms in total. The van der Waals surface area contributed by atoms with Gasteiger partial charge in [0.1, 0.15) is 5.60 Å². The predicted molar refractivity (Wildman–Crippen MR) is 55.7 cm³/mol. The van der Waals surface area contributed by atoms with Crippen LogP contribution in [-0.4, -0.2) is 18.5 Å². The van der Waals surface area contributed by atoms with Crippen molar-refractivity contribution in [1.82, 2.24) is 0 Å². The van der Waals surface area contributed by atoms with Gasteiger partial charge in [-0.1, -0.05) is 0 Å². The van der Waals surface area contributed by atoms with Crippen molar-refractivity contribution in [2.45, 2.75) is 39.2 Å². The van der Waals surface area contributed by atoms with Gasteiger partial charge in [0.05, 0.1) is 5.92 Å².